The molecule has 2 aliphatic heterocycles. The molecule has 10 nitrogen and oxygen atoms in total. The van der Waals surface area contributed by atoms with E-state index in [-0.39, 0.29) is 48.6 Å². The van der Waals surface area contributed by atoms with Gasteiger partial charge in [0.05, 0.1) is 24.9 Å². The molecule has 2 amide bonds. The van der Waals surface area contributed by atoms with Crippen molar-refractivity contribution in [3.8, 4) is 0 Å². The summed E-state index contributed by atoms with van der Waals surface area (Å²) >= 11 is 0. The molecule has 2 saturated heterocycles. The quantitative estimate of drug-likeness (QED) is 0.155. The summed E-state index contributed by atoms with van der Waals surface area (Å²) < 4.78 is 13.4. The Balaban J connectivity index is 1.29. The molecule has 5 rings (SSSR count). The van der Waals surface area contributed by atoms with Crippen LogP contribution in [-0.2, 0) is 30.5 Å². The molecule has 4 N–H and O–H groups in total. The highest BCUT2D eigenvalue weighted by Crippen LogP contribution is 2.42. The summed E-state index contributed by atoms with van der Waals surface area (Å²) in [7, 11) is 0. The zero-order valence-corrected chi connectivity index (χ0v) is 30.1. The highest BCUT2D eigenvalue weighted by molar-refractivity contribution is 5.90. The molecule has 2 aromatic rings. The summed E-state index contributed by atoms with van der Waals surface area (Å²) in [6.07, 6.45) is 9.76. The molecule has 274 valence electrons. The molecular formula is C40H57N3O7. The Bertz CT molecular complexity index is 1410. The number of aliphatic hydroxyl groups excluding tert-OH is 1. The van der Waals surface area contributed by atoms with Crippen LogP contribution in [0.3, 0.4) is 0 Å². The number of hydrogen-bond acceptors (Lipinski definition) is 7. The first-order valence-electron chi connectivity index (χ1n) is 18.7. The Hall–Kier alpha value is -3.31. The summed E-state index contributed by atoms with van der Waals surface area (Å²) in [4.78, 5) is 39.4. The van der Waals surface area contributed by atoms with Gasteiger partial charge in [0.15, 0.2) is 6.29 Å². The molecule has 6 unspecified atom stereocenters. The number of carboxylic acid groups (broad SMARTS) is 1. The van der Waals surface area contributed by atoms with E-state index in [1.807, 2.05) is 69.3 Å². The molecule has 3 fully saturated rings. The van der Waals surface area contributed by atoms with Crippen molar-refractivity contribution < 1.29 is 34.1 Å². The number of piperidine rings is 1. The normalized spacial score (nSPS) is 25.8. The second kappa shape index (κ2) is 17.8. The molecular weight excluding hydrogens is 634 g/mol. The SMILES string of the molecule is CC(C)(C)NC(=O)C1CCC2CCCCC2N1CC1CC(c2ccc(CO)cc2)OC(c2ccc(NC(=O)CCCCCCC(=O)O)cc2)O1. The Morgan fingerprint density at radius 2 is 1.52 bits per heavy atom. The van der Waals surface area contributed by atoms with Crippen LogP contribution < -0.4 is 10.6 Å². The highest BCUT2D eigenvalue weighted by atomic mass is 16.7. The fourth-order valence-corrected chi connectivity index (χ4v) is 7.86. The minimum Gasteiger partial charge on any atom is -0.481 e. The van der Waals surface area contributed by atoms with E-state index in [1.54, 1.807) is 0 Å². The van der Waals surface area contributed by atoms with Gasteiger partial charge in [-0.2, -0.15) is 0 Å². The van der Waals surface area contributed by atoms with Gasteiger partial charge in [-0.3, -0.25) is 19.3 Å². The first-order chi connectivity index (χ1) is 24.0. The smallest absolute Gasteiger partial charge is 0.303 e. The van der Waals surface area contributed by atoms with Gasteiger partial charge < -0.3 is 30.3 Å². The van der Waals surface area contributed by atoms with E-state index in [2.05, 4.69) is 15.5 Å². The number of carbonyl (C=O) groups is 3. The van der Waals surface area contributed by atoms with Crippen LogP contribution in [0.25, 0.3) is 0 Å². The molecule has 6 atom stereocenters. The minimum absolute atomic E-state index is 0.0224. The molecule has 1 saturated carbocycles. The summed E-state index contributed by atoms with van der Waals surface area (Å²) in [6.45, 7) is 6.71. The lowest BCUT2D eigenvalue weighted by Gasteiger charge is -2.50. The van der Waals surface area contributed by atoms with Crippen LogP contribution in [0, 0.1) is 5.92 Å². The van der Waals surface area contributed by atoms with Crippen LogP contribution in [0.4, 0.5) is 5.69 Å². The number of unbranched alkanes of at least 4 members (excludes halogenated alkanes) is 3. The Kier molecular flexibility index (Phi) is 13.5. The van der Waals surface area contributed by atoms with Crippen LogP contribution in [0.5, 0.6) is 0 Å². The average Bonchev–Trinajstić information content (AvgIpc) is 3.09. The molecule has 3 aliphatic rings. The third kappa shape index (κ3) is 10.8. The van der Waals surface area contributed by atoms with E-state index < -0.39 is 12.3 Å². The predicted molar refractivity (Wildman–Crippen MR) is 192 cm³/mol. The van der Waals surface area contributed by atoms with Crippen LogP contribution in [0.15, 0.2) is 48.5 Å². The zero-order valence-electron chi connectivity index (χ0n) is 30.1. The van der Waals surface area contributed by atoms with Gasteiger partial charge in [-0.05, 0) is 88.5 Å². The number of carbonyl (C=O) groups excluding carboxylic acids is 2. The molecule has 2 heterocycles. The van der Waals surface area contributed by atoms with Crippen LogP contribution in [-0.4, -0.2) is 63.2 Å². The number of amides is 2. The fourth-order valence-electron chi connectivity index (χ4n) is 7.86. The molecule has 2 aromatic carbocycles. The third-order valence-corrected chi connectivity index (χ3v) is 10.3. The fraction of sp³-hybridized carbons (Fsp3) is 0.625. The van der Waals surface area contributed by atoms with Crippen molar-refractivity contribution in [3.63, 3.8) is 0 Å². The van der Waals surface area contributed by atoms with Gasteiger partial charge in [0.1, 0.15) is 0 Å². The zero-order chi connectivity index (χ0) is 35.7. The standard InChI is InChI=1S/C40H57N3O7/c1-40(2,3)42-38(48)34-23-20-28-10-8-9-11-33(28)43(34)25-32-24-35(29-16-14-27(26-44)15-17-29)50-39(49-32)30-18-21-31(22-19-30)41-36(45)12-6-4-5-7-13-37(46)47/h14-19,21-22,28,32-35,39,44H,4-13,20,23-26H2,1-3H3,(H,41,45)(H,42,48)(H,46,47). The Morgan fingerprint density at radius 3 is 2.20 bits per heavy atom. The van der Waals surface area contributed by atoms with Gasteiger partial charge in [-0.15, -0.1) is 0 Å². The second-order valence-corrected chi connectivity index (χ2v) is 15.5. The summed E-state index contributed by atoms with van der Waals surface area (Å²) in [5.74, 6) is -0.163. The number of ether oxygens (including phenoxy) is 2. The summed E-state index contributed by atoms with van der Waals surface area (Å²) in [5.41, 5.74) is 3.09. The predicted octanol–water partition coefficient (Wildman–Crippen LogP) is 7.03. The van der Waals surface area contributed by atoms with E-state index in [4.69, 9.17) is 14.6 Å². The topological polar surface area (TPSA) is 137 Å². The minimum atomic E-state index is -0.785. The van der Waals surface area contributed by atoms with E-state index in [1.165, 1.54) is 19.3 Å². The molecule has 0 aromatic heterocycles. The van der Waals surface area contributed by atoms with Crippen LogP contribution in [0.2, 0.25) is 0 Å². The van der Waals surface area contributed by atoms with Crippen LogP contribution >= 0.6 is 0 Å². The molecule has 1 aliphatic carbocycles. The van der Waals surface area contributed by atoms with Gasteiger partial charge in [0, 0.05) is 48.6 Å². The van der Waals surface area contributed by atoms with E-state index in [9.17, 15) is 19.5 Å². The van der Waals surface area contributed by atoms with Crippen molar-refractivity contribution in [1.29, 1.82) is 0 Å². The number of anilines is 1. The first kappa shape index (κ1) is 37.9. The highest BCUT2D eigenvalue weighted by Gasteiger charge is 2.44. The van der Waals surface area contributed by atoms with Gasteiger partial charge >= 0.3 is 5.97 Å². The first-order valence-corrected chi connectivity index (χ1v) is 18.7. The number of rotatable bonds is 14. The van der Waals surface area contributed by atoms with E-state index in [0.29, 0.717) is 49.9 Å². The lowest BCUT2D eigenvalue weighted by atomic mass is 9.75. The largest absolute Gasteiger partial charge is 0.481 e. The number of benzene rings is 2. The van der Waals surface area contributed by atoms with Gasteiger partial charge in [0.25, 0.3) is 0 Å². The summed E-state index contributed by atoms with van der Waals surface area (Å²) in [6, 6.07) is 15.6. The van der Waals surface area contributed by atoms with Crippen LogP contribution in [0.1, 0.15) is 133 Å². The summed E-state index contributed by atoms with van der Waals surface area (Å²) in [5, 5.41) is 24.6. The second-order valence-electron chi connectivity index (χ2n) is 15.5. The van der Waals surface area contributed by atoms with Gasteiger partial charge in [0.2, 0.25) is 11.8 Å². The molecule has 0 bridgehead atoms. The number of hydrogen-bond donors (Lipinski definition) is 4. The van der Waals surface area contributed by atoms with Gasteiger partial charge in [-0.25, -0.2) is 0 Å². The lowest BCUT2D eigenvalue weighted by Crippen LogP contribution is -2.61. The molecule has 10 heteroatoms. The molecule has 0 spiro atoms. The van der Waals surface area contributed by atoms with E-state index >= 15 is 0 Å². The maximum absolute atomic E-state index is 13.7. The third-order valence-electron chi connectivity index (χ3n) is 10.3. The van der Waals surface area contributed by atoms with Gasteiger partial charge in [-0.1, -0.05) is 62.1 Å². The van der Waals surface area contributed by atoms with Crippen molar-refractivity contribution in [2.24, 2.45) is 5.92 Å². The van der Waals surface area contributed by atoms with Crippen molar-refractivity contribution in [3.05, 3.63) is 65.2 Å². The maximum atomic E-state index is 13.7. The average molecular weight is 692 g/mol. The van der Waals surface area contributed by atoms with Crippen molar-refractivity contribution in [1.82, 2.24) is 10.2 Å². The number of likely N-dealkylation sites (tertiary alicyclic amines) is 1. The van der Waals surface area contributed by atoms with E-state index in [0.717, 1.165) is 48.8 Å². The number of nitrogens with one attached hydrogen (secondary N) is 2. The molecule has 50 heavy (non-hydrogen) atoms. The number of fused-ring (bicyclic) bond motifs is 1. The number of aliphatic carboxylic acids is 1. The van der Waals surface area contributed by atoms with Crippen molar-refractivity contribution in [2.75, 3.05) is 11.9 Å². The molecule has 0 radical (unpaired) electrons. The monoisotopic (exact) mass is 691 g/mol. The van der Waals surface area contributed by atoms with Crippen molar-refractivity contribution in [2.45, 2.75) is 147 Å². The van der Waals surface area contributed by atoms with Crippen molar-refractivity contribution >= 4 is 23.5 Å². The Labute approximate surface area is 297 Å². The number of nitrogens with zero attached hydrogens (tertiary/aromatic N) is 1. The number of carboxylic acids is 1. The maximum Gasteiger partial charge on any atom is 0.303 e. The Morgan fingerprint density at radius 1 is 0.840 bits per heavy atom. The number of aliphatic hydroxyl groups is 1. The lowest BCUT2D eigenvalue weighted by molar-refractivity contribution is -0.255.